The molecule has 1 aliphatic heterocycles. The standard InChI is InChI=1S/C12H17F2N3O2/c1-12(2,3)19-11(18)16-4-5-17-9(7-16)8(6-15-17)10(13)14/h6,10H,4-5,7H2,1-3H3. The molecule has 106 valence electrons. The summed E-state index contributed by atoms with van der Waals surface area (Å²) in [4.78, 5) is 13.3. The van der Waals surface area contributed by atoms with Gasteiger partial charge in [0, 0.05) is 6.54 Å². The highest BCUT2D eigenvalue weighted by Gasteiger charge is 2.29. The van der Waals surface area contributed by atoms with Crippen molar-refractivity contribution in [2.45, 2.75) is 45.9 Å². The topological polar surface area (TPSA) is 47.4 Å². The second-order valence-corrected chi connectivity index (χ2v) is 5.47. The summed E-state index contributed by atoms with van der Waals surface area (Å²) in [5.41, 5.74) is -0.333. The minimum atomic E-state index is -2.58. The molecule has 19 heavy (non-hydrogen) atoms. The molecule has 0 fully saturated rings. The Morgan fingerprint density at radius 1 is 1.42 bits per heavy atom. The van der Waals surface area contributed by atoms with Gasteiger partial charge in [0.15, 0.2) is 0 Å². The van der Waals surface area contributed by atoms with Gasteiger partial charge in [-0.1, -0.05) is 0 Å². The number of rotatable bonds is 1. The molecule has 1 aliphatic rings. The maximum atomic E-state index is 12.8. The Hall–Kier alpha value is -1.66. The fourth-order valence-electron chi connectivity index (χ4n) is 1.93. The summed E-state index contributed by atoms with van der Waals surface area (Å²) in [7, 11) is 0. The highest BCUT2D eigenvalue weighted by atomic mass is 19.3. The van der Waals surface area contributed by atoms with Crippen LogP contribution in [0.2, 0.25) is 0 Å². The van der Waals surface area contributed by atoms with Crippen LogP contribution in [-0.2, 0) is 17.8 Å². The van der Waals surface area contributed by atoms with Gasteiger partial charge in [-0.05, 0) is 20.8 Å². The molecule has 1 aromatic heterocycles. The minimum absolute atomic E-state index is 0.106. The predicted octanol–water partition coefficient (Wildman–Crippen LogP) is 2.57. The van der Waals surface area contributed by atoms with Crippen LogP contribution >= 0.6 is 0 Å². The SMILES string of the molecule is CC(C)(C)OC(=O)N1CCn2ncc(C(F)F)c2C1. The van der Waals surface area contributed by atoms with Gasteiger partial charge in [-0.3, -0.25) is 4.68 Å². The fraction of sp³-hybridized carbons (Fsp3) is 0.667. The molecule has 0 spiro atoms. The van der Waals surface area contributed by atoms with Gasteiger partial charge < -0.3 is 9.64 Å². The van der Waals surface area contributed by atoms with Gasteiger partial charge in [0.25, 0.3) is 6.43 Å². The van der Waals surface area contributed by atoms with Crippen LogP contribution in [-0.4, -0.2) is 32.9 Å². The lowest BCUT2D eigenvalue weighted by Gasteiger charge is -2.30. The monoisotopic (exact) mass is 273 g/mol. The number of alkyl halides is 2. The number of hydrogen-bond acceptors (Lipinski definition) is 3. The smallest absolute Gasteiger partial charge is 0.410 e. The van der Waals surface area contributed by atoms with Crippen LogP contribution in [0.5, 0.6) is 0 Å². The van der Waals surface area contributed by atoms with Crippen molar-refractivity contribution in [1.82, 2.24) is 14.7 Å². The van der Waals surface area contributed by atoms with E-state index in [0.717, 1.165) is 0 Å². The van der Waals surface area contributed by atoms with Crippen molar-refractivity contribution in [2.75, 3.05) is 6.54 Å². The van der Waals surface area contributed by atoms with Crippen molar-refractivity contribution in [3.8, 4) is 0 Å². The Labute approximate surface area is 110 Å². The van der Waals surface area contributed by atoms with Crippen molar-refractivity contribution in [1.29, 1.82) is 0 Å². The van der Waals surface area contributed by atoms with Crippen LogP contribution in [0.25, 0.3) is 0 Å². The molecule has 0 aliphatic carbocycles. The first-order chi connectivity index (χ1) is 8.78. The van der Waals surface area contributed by atoms with E-state index in [4.69, 9.17) is 4.74 Å². The van der Waals surface area contributed by atoms with Crippen molar-refractivity contribution < 1.29 is 18.3 Å². The second kappa shape index (κ2) is 4.79. The number of ether oxygens (including phenoxy) is 1. The third-order valence-electron chi connectivity index (χ3n) is 2.79. The zero-order valence-corrected chi connectivity index (χ0v) is 11.2. The minimum Gasteiger partial charge on any atom is -0.444 e. The number of halogens is 2. The molecule has 0 N–H and O–H groups in total. The maximum absolute atomic E-state index is 12.8. The van der Waals surface area contributed by atoms with E-state index in [1.807, 2.05) is 0 Å². The first kappa shape index (κ1) is 13.8. The molecule has 7 heteroatoms. The maximum Gasteiger partial charge on any atom is 0.410 e. The summed E-state index contributed by atoms with van der Waals surface area (Å²) in [6.45, 7) is 6.22. The van der Waals surface area contributed by atoms with Crippen LogP contribution in [0, 0.1) is 0 Å². The van der Waals surface area contributed by atoms with Crippen LogP contribution < -0.4 is 0 Å². The van der Waals surface area contributed by atoms with Crippen molar-refractivity contribution in [3.05, 3.63) is 17.5 Å². The summed E-state index contributed by atoms with van der Waals surface area (Å²) >= 11 is 0. The summed E-state index contributed by atoms with van der Waals surface area (Å²) in [5.74, 6) is 0. The summed E-state index contributed by atoms with van der Waals surface area (Å²) in [6.07, 6.45) is -1.90. The van der Waals surface area contributed by atoms with Crippen LogP contribution in [0.3, 0.4) is 0 Å². The molecule has 0 saturated heterocycles. The average Bonchev–Trinajstić information content (AvgIpc) is 2.68. The van der Waals surface area contributed by atoms with Gasteiger partial charge in [0.2, 0.25) is 0 Å². The van der Waals surface area contributed by atoms with E-state index in [0.29, 0.717) is 18.8 Å². The number of carbonyl (C=O) groups is 1. The third kappa shape index (κ3) is 3.02. The zero-order chi connectivity index (χ0) is 14.2. The summed E-state index contributed by atoms with van der Waals surface area (Å²) < 4.78 is 32.4. The summed E-state index contributed by atoms with van der Waals surface area (Å²) in [5, 5.41) is 3.90. The van der Waals surface area contributed by atoms with Crippen LogP contribution in [0.15, 0.2) is 6.20 Å². The number of fused-ring (bicyclic) bond motifs is 1. The van der Waals surface area contributed by atoms with Gasteiger partial charge in [-0.25, -0.2) is 13.6 Å². The Morgan fingerprint density at radius 2 is 2.11 bits per heavy atom. The fourth-order valence-corrected chi connectivity index (χ4v) is 1.93. The van der Waals surface area contributed by atoms with Gasteiger partial charge in [0.1, 0.15) is 5.60 Å². The Morgan fingerprint density at radius 3 is 2.68 bits per heavy atom. The summed E-state index contributed by atoms with van der Waals surface area (Å²) in [6, 6.07) is 0. The van der Waals surface area contributed by atoms with Crippen molar-refractivity contribution in [3.63, 3.8) is 0 Å². The zero-order valence-electron chi connectivity index (χ0n) is 11.2. The third-order valence-corrected chi connectivity index (χ3v) is 2.79. The molecule has 0 atom stereocenters. The van der Waals surface area contributed by atoms with E-state index >= 15 is 0 Å². The molecular formula is C12H17F2N3O2. The first-order valence-electron chi connectivity index (χ1n) is 6.08. The van der Waals surface area contributed by atoms with Gasteiger partial charge in [-0.15, -0.1) is 0 Å². The first-order valence-corrected chi connectivity index (χ1v) is 6.08. The highest BCUT2D eigenvalue weighted by molar-refractivity contribution is 5.68. The van der Waals surface area contributed by atoms with Crippen LogP contribution in [0.4, 0.5) is 13.6 Å². The van der Waals surface area contributed by atoms with E-state index in [1.165, 1.54) is 15.8 Å². The highest BCUT2D eigenvalue weighted by Crippen LogP contribution is 2.26. The number of hydrogen-bond donors (Lipinski definition) is 0. The molecular weight excluding hydrogens is 256 g/mol. The van der Waals surface area contributed by atoms with Crippen molar-refractivity contribution >= 4 is 6.09 Å². The molecule has 0 radical (unpaired) electrons. The van der Waals surface area contributed by atoms with E-state index < -0.39 is 18.1 Å². The largest absolute Gasteiger partial charge is 0.444 e. The molecule has 1 amide bonds. The molecule has 1 aromatic rings. The number of carbonyl (C=O) groups excluding carboxylic acids is 1. The van der Waals surface area contributed by atoms with Crippen molar-refractivity contribution in [2.24, 2.45) is 0 Å². The van der Waals surface area contributed by atoms with E-state index in [1.54, 1.807) is 20.8 Å². The van der Waals surface area contributed by atoms with Gasteiger partial charge in [-0.2, -0.15) is 5.10 Å². The van der Waals surface area contributed by atoms with E-state index in [9.17, 15) is 13.6 Å². The Balaban J connectivity index is 2.13. The molecule has 2 heterocycles. The molecule has 0 unspecified atom stereocenters. The average molecular weight is 273 g/mol. The quantitative estimate of drug-likeness (QED) is 0.790. The Kier molecular flexibility index (Phi) is 3.47. The number of amides is 1. The Bertz CT molecular complexity index is 480. The molecule has 0 bridgehead atoms. The second-order valence-electron chi connectivity index (χ2n) is 5.47. The molecule has 2 rings (SSSR count). The van der Waals surface area contributed by atoms with Gasteiger partial charge in [0.05, 0.1) is 30.5 Å². The van der Waals surface area contributed by atoms with Crippen LogP contribution in [0.1, 0.15) is 38.5 Å². The predicted molar refractivity (Wildman–Crippen MR) is 63.8 cm³/mol. The number of nitrogens with zero attached hydrogens (tertiary/aromatic N) is 3. The number of aromatic nitrogens is 2. The molecule has 5 nitrogen and oxygen atoms in total. The van der Waals surface area contributed by atoms with E-state index in [-0.39, 0.29) is 12.1 Å². The normalized spacial score (nSPS) is 15.6. The lowest BCUT2D eigenvalue weighted by atomic mass is 10.2. The lowest BCUT2D eigenvalue weighted by Crippen LogP contribution is -2.41. The van der Waals surface area contributed by atoms with Gasteiger partial charge >= 0.3 is 6.09 Å². The van der Waals surface area contributed by atoms with E-state index in [2.05, 4.69) is 5.10 Å². The molecule has 0 aromatic carbocycles. The lowest BCUT2D eigenvalue weighted by molar-refractivity contribution is 0.0190. The molecule has 0 saturated carbocycles.